The van der Waals surface area contributed by atoms with E-state index in [-0.39, 0.29) is 24.0 Å². The van der Waals surface area contributed by atoms with Gasteiger partial charge < -0.3 is 4.98 Å². The van der Waals surface area contributed by atoms with Crippen LogP contribution in [0.3, 0.4) is 0 Å². The predicted octanol–water partition coefficient (Wildman–Crippen LogP) is 1.79. The van der Waals surface area contributed by atoms with Gasteiger partial charge in [-0.25, -0.2) is 4.98 Å². The number of hydrogen-bond donors (Lipinski definition) is 1. The van der Waals surface area contributed by atoms with Gasteiger partial charge in [-0.05, 0) is 15.9 Å². The van der Waals surface area contributed by atoms with E-state index in [4.69, 9.17) is 0 Å². The van der Waals surface area contributed by atoms with Crippen LogP contribution in [0.5, 0.6) is 0 Å². The number of hydrogen-bond acceptors (Lipinski definition) is 1. The van der Waals surface area contributed by atoms with E-state index < -0.39 is 0 Å². The molecular weight excluding hydrogens is 271 g/mol. The van der Waals surface area contributed by atoms with E-state index in [1.54, 1.807) is 12.4 Å². The zero-order valence-corrected chi connectivity index (χ0v) is 7.30. The Kier molecular flexibility index (Phi) is 3.63. The Morgan fingerprint density at radius 1 is 1.71 bits per heavy atom. The summed E-state index contributed by atoms with van der Waals surface area (Å²) in [5, 5.41) is 0. The molecule has 40 valence electrons. The molecule has 0 aliphatic rings. The Bertz CT molecular complexity index is 116. The fourth-order valence-corrected chi connectivity index (χ4v) is 0.496. The van der Waals surface area contributed by atoms with Gasteiger partial charge in [0.25, 0.3) is 0 Å². The monoisotopic (exact) mass is 274 g/mol. The van der Waals surface area contributed by atoms with Gasteiger partial charge in [0.15, 0.2) is 4.73 Å². The van der Waals surface area contributed by atoms with Crippen LogP contribution in [0.25, 0.3) is 0 Å². The van der Waals surface area contributed by atoms with Crippen LogP contribution in [0.15, 0.2) is 17.1 Å². The molecule has 7 heavy (non-hydrogen) atoms. The standard InChI is InChI=1S/C3H3BrN2.HI/c4-3-5-1-2-6-3;/h1-2H,(H,5,6);1H. The van der Waals surface area contributed by atoms with Crippen molar-refractivity contribution in [2.75, 3.05) is 0 Å². The summed E-state index contributed by atoms with van der Waals surface area (Å²) >= 11 is 3.11. The molecule has 0 fully saturated rings. The molecular formula is C3H4BrIN2. The first-order valence-electron chi connectivity index (χ1n) is 1.54. The van der Waals surface area contributed by atoms with E-state index in [2.05, 4.69) is 25.9 Å². The van der Waals surface area contributed by atoms with Crippen molar-refractivity contribution in [2.45, 2.75) is 0 Å². The molecule has 2 nitrogen and oxygen atoms in total. The normalized spacial score (nSPS) is 7.57. The second-order valence-electron chi connectivity index (χ2n) is 0.880. The van der Waals surface area contributed by atoms with Crippen molar-refractivity contribution in [3.05, 3.63) is 17.1 Å². The minimum absolute atomic E-state index is 0. The average molecular weight is 275 g/mol. The summed E-state index contributed by atoms with van der Waals surface area (Å²) in [4.78, 5) is 6.58. The van der Waals surface area contributed by atoms with E-state index in [1.807, 2.05) is 0 Å². The molecule has 1 rings (SSSR count). The fraction of sp³-hybridized carbons (Fsp3) is 0. The Morgan fingerprint density at radius 3 is 2.57 bits per heavy atom. The van der Waals surface area contributed by atoms with Crippen molar-refractivity contribution in [3.63, 3.8) is 0 Å². The van der Waals surface area contributed by atoms with Crippen LogP contribution in [-0.2, 0) is 0 Å². The van der Waals surface area contributed by atoms with Gasteiger partial charge in [-0.15, -0.1) is 24.0 Å². The van der Waals surface area contributed by atoms with Gasteiger partial charge in [0, 0.05) is 12.4 Å². The zero-order valence-electron chi connectivity index (χ0n) is 3.39. The number of nitrogens with zero attached hydrogens (tertiary/aromatic N) is 1. The molecule has 0 saturated heterocycles. The third-order valence-electron chi connectivity index (χ3n) is 0.465. The summed E-state index contributed by atoms with van der Waals surface area (Å²) in [5.74, 6) is 0. The van der Waals surface area contributed by atoms with Gasteiger partial charge in [-0.1, -0.05) is 0 Å². The molecule has 0 spiro atoms. The summed E-state index contributed by atoms with van der Waals surface area (Å²) in [6, 6.07) is 0. The highest BCUT2D eigenvalue weighted by atomic mass is 127. The van der Waals surface area contributed by atoms with Crippen molar-refractivity contribution < 1.29 is 0 Å². The van der Waals surface area contributed by atoms with Crippen LogP contribution in [-0.4, -0.2) is 9.97 Å². The molecule has 0 amide bonds. The smallest absolute Gasteiger partial charge is 0.174 e. The second-order valence-corrected chi connectivity index (χ2v) is 1.63. The Morgan fingerprint density at radius 2 is 2.43 bits per heavy atom. The summed E-state index contributed by atoms with van der Waals surface area (Å²) in [5.41, 5.74) is 0. The Balaban J connectivity index is 0.000000360. The van der Waals surface area contributed by atoms with E-state index in [0.717, 1.165) is 4.73 Å². The van der Waals surface area contributed by atoms with Crippen molar-refractivity contribution in [3.8, 4) is 0 Å². The lowest BCUT2D eigenvalue weighted by atomic mass is 11.0. The highest BCUT2D eigenvalue weighted by Gasteiger charge is 1.76. The molecule has 0 aromatic carbocycles. The van der Waals surface area contributed by atoms with E-state index >= 15 is 0 Å². The van der Waals surface area contributed by atoms with Gasteiger partial charge in [-0.3, -0.25) is 0 Å². The van der Waals surface area contributed by atoms with E-state index in [0.29, 0.717) is 0 Å². The molecule has 1 N–H and O–H groups in total. The molecule has 1 aromatic rings. The molecule has 1 heterocycles. The van der Waals surface area contributed by atoms with Gasteiger partial charge in [0.1, 0.15) is 0 Å². The number of rotatable bonds is 0. The quantitative estimate of drug-likeness (QED) is 0.718. The largest absolute Gasteiger partial charge is 0.339 e. The van der Waals surface area contributed by atoms with E-state index in [9.17, 15) is 0 Å². The summed E-state index contributed by atoms with van der Waals surface area (Å²) in [6.07, 6.45) is 3.44. The van der Waals surface area contributed by atoms with Crippen molar-refractivity contribution in [1.29, 1.82) is 0 Å². The topological polar surface area (TPSA) is 28.7 Å². The van der Waals surface area contributed by atoms with Gasteiger partial charge in [-0.2, -0.15) is 0 Å². The van der Waals surface area contributed by atoms with Crippen LogP contribution in [0, 0.1) is 0 Å². The Labute approximate surface area is 66.9 Å². The number of nitrogens with one attached hydrogen (secondary N) is 1. The summed E-state index contributed by atoms with van der Waals surface area (Å²) in [7, 11) is 0. The van der Waals surface area contributed by atoms with Crippen LogP contribution in [0.4, 0.5) is 0 Å². The highest BCUT2D eigenvalue weighted by Crippen LogP contribution is 1.95. The third-order valence-corrected chi connectivity index (χ3v) is 0.899. The average Bonchev–Trinajstić information content (AvgIpc) is 1.86. The zero-order chi connectivity index (χ0) is 4.41. The Hall–Kier alpha value is 0.420. The number of aromatic nitrogens is 2. The summed E-state index contributed by atoms with van der Waals surface area (Å²) in [6.45, 7) is 0. The van der Waals surface area contributed by atoms with Gasteiger partial charge in [0.2, 0.25) is 0 Å². The van der Waals surface area contributed by atoms with Crippen molar-refractivity contribution in [1.82, 2.24) is 9.97 Å². The molecule has 0 unspecified atom stereocenters. The second kappa shape index (κ2) is 3.43. The first kappa shape index (κ1) is 7.42. The van der Waals surface area contributed by atoms with Gasteiger partial charge >= 0.3 is 0 Å². The lowest BCUT2D eigenvalue weighted by molar-refractivity contribution is 1.24. The third kappa shape index (κ3) is 2.28. The minimum Gasteiger partial charge on any atom is -0.339 e. The molecule has 0 aliphatic carbocycles. The van der Waals surface area contributed by atoms with Crippen LogP contribution in [0.2, 0.25) is 0 Å². The molecule has 0 saturated carbocycles. The predicted molar refractivity (Wildman–Crippen MR) is 41.7 cm³/mol. The number of halogens is 2. The van der Waals surface area contributed by atoms with Crippen LogP contribution >= 0.6 is 39.9 Å². The number of aromatic amines is 1. The van der Waals surface area contributed by atoms with Gasteiger partial charge in [0.05, 0.1) is 0 Å². The van der Waals surface area contributed by atoms with Crippen molar-refractivity contribution in [2.24, 2.45) is 0 Å². The maximum atomic E-state index is 3.78. The number of imidazole rings is 1. The molecule has 0 atom stereocenters. The molecule has 0 radical (unpaired) electrons. The van der Waals surface area contributed by atoms with E-state index in [1.165, 1.54) is 0 Å². The molecule has 4 heteroatoms. The molecule has 1 aromatic heterocycles. The van der Waals surface area contributed by atoms with Crippen LogP contribution in [0.1, 0.15) is 0 Å². The highest BCUT2D eigenvalue weighted by molar-refractivity contribution is 14.0. The summed E-state index contributed by atoms with van der Waals surface area (Å²) < 4.78 is 0.780. The number of H-pyrrole nitrogens is 1. The lowest BCUT2D eigenvalue weighted by Gasteiger charge is -1.65. The maximum Gasteiger partial charge on any atom is 0.174 e. The SMILES string of the molecule is Brc1ncc[nH]1.I. The maximum absolute atomic E-state index is 3.78. The van der Waals surface area contributed by atoms with Crippen molar-refractivity contribution >= 4 is 39.9 Å². The lowest BCUT2D eigenvalue weighted by Crippen LogP contribution is -1.57. The molecule has 0 aliphatic heterocycles. The first-order valence-corrected chi connectivity index (χ1v) is 2.34. The first-order chi connectivity index (χ1) is 2.89. The van der Waals surface area contributed by atoms with Crippen LogP contribution < -0.4 is 0 Å². The minimum atomic E-state index is 0. The fourth-order valence-electron chi connectivity index (χ4n) is 0.246. The molecule has 0 bridgehead atoms.